The summed E-state index contributed by atoms with van der Waals surface area (Å²) in [5.41, 5.74) is 3.10. The average molecular weight is 237 g/mol. The van der Waals surface area contributed by atoms with Crippen molar-refractivity contribution in [1.29, 1.82) is 0 Å². The topological polar surface area (TPSA) is 39.1 Å². The highest BCUT2D eigenvalue weighted by atomic mass is 32.2. The van der Waals surface area contributed by atoms with E-state index in [0.717, 1.165) is 22.0 Å². The molecule has 4 heteroatoms. The second-order valence-electron chi connectivity index (χ2n) is 4.36. The molecule has 2 rings (SSSR count). The minimum Gasteiger partial charge on any atom is -0.350 e. The lowest BCUT2D eigenvalue weighted by Crippen LogP contribution is -1.99. The third-order valence-corrected chi connectivity index (χ3v) is 3.48. The highest BCUT2D eigenvalue weighted by Crippen LogP contribution is 2.23. The molecule has 86 valence electrons. The smallest absolute Gasteiger partial charge is 0.151 e. The Labute approximate surface area is 95.6 Å². The van der Waals surface area contributed by atoms with Crippen LogP contribution in [0.2, 0.25) is 0 Å². The van der Waals surface area contributed by atoms with Crippen molar-refractivity contribution in [3.05, 3.63) is 35.5 Å². The van der Waals surface area contributed by atoms with Gasteiger partial charge in [-0.3, -0.25) is 0 Å². The average Bonchev–Trinajstić information content (AvgIpc) is 2.40. The van der Waals surface area contributed by atoms with Gasteiger partial charge in [-0.1, -0.05) is 11.6 Å². The maximum absolute atomic E-state index is 11.3. The van der Waals surface area contributed by atoms with Crippen LogP contribution >= 0.6 is 0 Å². The number of hydrogen-bond acceptors (Lipinski definition) is 2. The van der Waals surface area contributed by atoms with E-state index in [9.17, 15) is 8.42 Å². The molecule has 0 saturated heterocycles. The summed E-state index contributed by atoms with van der Waals surface area (Å²) >= 11 is 0. The summed E-state index contributed by atoms with van der Waals surface area (Å²) in [4.78, 5) is 0. The molecule has 0 atom stereocenters. The number of rotatable bonds is 2. The lowest BCUT2D eigenvalue weighted by Gasteiger charge is -1.98. The molecule has 0 aliphatic heterocycles. The minimum atomic E-state index is -2.98. The molecule has 0 spiro atoms. The molecule has 0 aliphatic rings. The molecule has 16 heavy (non-hydrogen) atoms. The van der Waals surface area contributed by atoms with Crippen LogP contribution in [-0.4, -0.2) is 19.2 Å². The van der Waals surface area contributed by atoms with Crippen molar-refractivity contribution in [2.24, 2.45) is 7.05 Å². The van der Waals surface area contributed by atoms with Gasteiger partial charge in [0.1, 0.15) is 0 Å². The second-order valence-corrected chi connectivity index (χ2v) is 6.50. The van der Waals surface area contributed by atoms with E-state index < -0.39 is 9.84 Å². The van der Waals surface area contributed by atoms with Crippen molar-refractivity contribution in [3.8, 4) is 0 Å². The van der Waals surface area contributed by atoms with E-state index in [0.29, 0.717) is 0 Å². The third-order valence-electron chi connectivity index (χ3n) is 2.65. The lowest BCUT2D eigenvalue weighted by atomic mass is 10.1. The monoisotopic (exact) mass is 237 g/mol. The van der Waals surface area contributed by atoms with Gasteiger partial charge < -0.3 is 4.57 Å². The highest BCUT2D eigenvalue weighted by Gasteiger charge is 2.11. The van der Waals surface area contributed by atoms with Gasteiger partial charge in [0.05, 0.1) is 5.75 Å². The van der Waals surface area contributed by atoms with Crippen molar-refractivity contribution in [1.82, 2.24) is 4.57 Å². The van der Waals surface area contributed by atoms with Gasteiger partial charge in [-0.25, -0.2) is 8.42 Å². The number of aromatic nitrogens is 1. The number of hydrogen-bond donors (Lipinski definition) is 0. The predicted molar refractivity (Wildman–Crippen MR) is 66.2 cm³/mol. The molecule has 2 aromatic rings. The summed E-state index contributed by atoms with van der Waals surface area (Å²) in [7, 11) is -1.05. The first-order valence-electron chi connectivity index (χ1n) is 5.09. The predicted octanol–water partition coefficient (Wildman–Crippen LogP) is 2.03. The van der Waals surface area contributed by atoms with Crippen LogP contribution in [0.15, 0.2) is 24.4 Å². The molecule has 0 fully saturated rings. The van der Waals surface area contributed by atoms with Crippen molar-refractivity contribution in [3.63, 3.8) is 0 Å². The SMILES string of the molecule is Cc1ccc2c(c1)c(CS(C)(=O)=O)cn2C. The summed E-state index contributed by atoms with van der Waals surface area (Å²) in [6.07, 6.45) is 3.16. The Morgan fingerprint density at radius 3 is 2.62 bits per heavy atom. The second kappa shape index (κ2) is 3.63. The van der Waals surface area contributed by atoms with E-state index in [1.165, 1.54) is 6.26 Å². The summed E-state index contributed by atoms with van der Waals surface area (Å²) in [6, 6.07) is 6.10. The summed E-state index contributed by atoms with van der Waals surface area (Å²) in [5.74, 6) is 0.105. The van der Waals surface area contributed by atoms with Gasteiger partial charge in [0.2, 0.25) is 0 Å². The quantitative estimate of drug-likeness (QED) is 0.801. The first-order chi connectivity index (χ1) is 7.37. The molecule has 0 unspecified atom stereocenters. The zero-order valence-electron chi connectivity index (χ0n) is 9.69. The number of nitrogens with zero attached hydrogens (tertiary/aromatic N) is 1. The maximum atomic E-state index is 11.3. The summed E-state index contributed by atoms with van der Waals surface area (Å²) in [5, 5.41) is 1.04. The molecular formula is C12H15NO2S. The molecule has 0 aliphatic carbocycles. The fraction of sp³-hybridized carbons (Fsp3) is 0.333. The fourth-order valence-corrected chi connectivity index (χ4v) is 2.78. The van der Waals surface area contributed by atoms with Crippen LogP contribution in [0.3, 0.4) is 0 Å². The molecular weight excluding hydrogens is 222 g/mol. The number of aryl methyl sites for hydroxylation is 2. The van der Waals surface area contributed by atoms with Crippen LogP contribution < -0.4 is 0 Å². The van der Waals surface area contributed by atoms with Crippen molar-refractivity contribution in [2.75, 3.05) is 6.26 Å². The standard InChI is InChI=1S/C12H15NO2S/c1-9-4-5-12-11(6-9)10(7-13(12)2)8-16(3,14)15/h4-7H,8H2,1-3H3. The zero-order chi connectivity index (χ0) is 11.9. The van der Waals surface area contributed by atoms with Gasteiger partial charge in [-0.05, 0) is 24.6 Å². The highest BCUT2D eigenvalue weighted by molar-refractivity contribution is 7.89. The van der Waals surface area contributed by atoms with Crippen molar-refractivity contribution in [2.45, 2.75) is 12.7 Å². The van der Waals surface area contributed by atoms with E-state index >= 15 is 0 Å². The van der Waals surface area contributed by atoms with E-state index in [1.54, 1.807) is 0 Å². The molecule has 3 nitrogen and oxygen atoms in total. The van der Waals surface area contributed by atoms with Crippen LogP contribution in [0, 0.1) is 6.92 Å². The van der Waals surface area contributed by atoms with Gasteiger partial charge in [0.15, 0.2) is 9.84 Å². The van der Waals surface area contributed by atoms with E-state index in [1.807, 2.05) is 42.9 Å². The van der Waals surface area contributed by atoms with Gasteiger partial charge >= 0.3 is 0 Å². The van der Waals surface area contributed by atoms with Crippen LogP contribution in [0.4, 0.5) is 0 Å². The Bertz CT molecular complexity index is 638. The Morgan fingerprint density at radius 1 is 1.31 bits per heavy atom. The summed E-state index contributed by atoms with van der Waals surface area (Å²) < 4.78 is 24.6. The van der Waals surface area contributed by atoms with Crippen molar-refractivity contribution < 1.29 is 8.42 Å². The Morgan fingerprint density at radius 2 is 2.00 bits per heavy atom. The van der Waals surface area contributed by atoms with Crippen LogP contribution in [0.1, 0.15) is 11.1 Å². The zero-order valence-corrected chi connectivity index (χ0v) is 10.5. The van der Waals surface area contributed by atoms with E-state index in [4.69, 9.17) is 0 Å². The molecule has 0 radical (unpaired) electrons. The maximum Gasteiger partial charge on any atom is 0.151 e. The van der Waals surface area contributed by atoms with Gasteiger partial charge in [0, 0.05) is 30.4 Å². The lowest BCUT2D eigenvalue weighted by molar-refractivity contribution is 0.601. The third kappa shape index (κ3) is 2.11. The number of fused-ring (bicyclic) bond motifs is 1. The van der Waals surface area contributed by atoms with Gasteiger partial charge in [-0.15, -0.1) is 0 Å². The first-order valence-corrected chi connectivity index (χ1v) is 7.15. The van der Waals surface area contributed by atoms with Gasteiger partial charge in [-0.2, -0.15) is 0 Å². The molecule has 0 saturated carbocycles. The normalized spacial score (nSPS) is 12.2. The Balaban J connectivity index is 2.66. The number of benzene rings is 1. The largest absolute Gasteiger partial charge is 0.350 e. The molecule has 1 aromatic heterocycles. The number of sulfone groups is 1. The van der Waals surface area contributed by atoms with Crippen LogP contribution in [0.5, 0.6) is 0 Å². The van der Waals surface area contributed by atoms with Gasteiger partial charge in [0.25, 0.3) is 0 Å². The Hall–Kier alpha value is -1.29. The van der Waals surface area contributed by atoms with Crippen LogP contribution in [0.25, 0.3) is 10.9 Å². The van der Waals surface area contributed by atoms with E-state index in [2.05, 4.69) is 0 Å². The van der Waals surface area contributed by atoms with Crippen molar-refractivity contribution >= 4 is 20.7 Å². The Kier molecular flexibility index (Phi) is 2.54. The molecule has 0 N–H and O–H groups in total. The molecule has 0 amide bonds. The molecule has 1 aromatic carbocycles. The first kappa shape index (κ1) is 11.2. The molecule has 0 bridgehead atoms. The molecule has 1 heterocycles. The fourth-order valence-electron chi connectivity index (χ4n) is 1.98. The van der Waals surface area contributed by atoms with Crippen LogP contribution in [-0.2, 0) is 22.6 Å². The minimum absolute atomic E-state index is 0.105. The van der Waals surface area contributed by atoms with E-state index in [-0.39, 0.29) is 5.75 Å². The summed E-state index contributed by atoms with van der Waals surface area (Å²) in [6.45, 7) is 2.01.